The van der Waals surface area contributed by atoms with Gasteiger partial charge in [-0.1, -0.05) is 13.0 Å². The van der Waals surface area contributed by atoms with E-state index in [-0.39, 0.29) is 5.91 Å². The number of carbonyl (C=O) groups is 1. The molecule has 3 heteroatoms. The number of benzene rings is 1. The number of rotatable bonds is 4. The zero-order chi connectivity index (χ0) is 16.3. The zero-order valence-electron chi connectivity index (χ0n) is 14.6. The lowest BCUT2D eigenvalue weighted by Gasteiger charge is -2.27. The van der Waals surface area contributed by atoms with Crippen LogP contribution >= 0.6 is 11.8 Å². The number of carbonyl (C=O) groups excluding carboxylic acids is 1. The molecule has 0 aliphatic heterocycles. The summed E-state index contributed by atoms with van der Waals surface area (Å²) in [4.78, 5) is 13.5. The fourth-order valence-corrected chi connectivity index (χ4v) is 4.32. The minimum atomic E-state index is 0.183. The van der Waals surface area contributed by atoms with Crippen molar-refractivity contribution in [3.63, 3.8) is 0 Å². The molecular formula is C19H29NOS. The predicted molar refractivity (Wildman–Crippen MR) is 95.7 cm³/mol. The topological polar surface area (TPSA) is 29.1 Å². The highest BCUT2D eigenvalue weighted by Gasteiger charge is 2.20. The lowest BCUT2D eigenvalue weighted by Crippen LogP contribution is -2.38. The van der Waals surface area contributed by atoms with Crippen molar-refractivity contribution >= 4 is 17.7 Å². The number of hydrogen-bond acceptors (Lipinski definition) is 2. The van der Waals surface area contributed by atoms with Crippen molar-refractivity contribution in [3.05, 3.63) is 28.3 Å². The Morgan fingerprint density at radius 2 is 1.64 bits per heavy atom. The van der Waals surface area contributed by atoms with E-state index in [2.05, 4.69) is 46.0 Å². The van der Waals surface area contributed by atoms with Crippen LogP contribution in [0.2, 0.25) is 0 Å². The van der Waals surface area contributed by atoms with E-state index >= 15 is 0 Å². The number of aryl methyl sites for hydroxylation is 2. The summed E-state index contributed by atoms with van der Waals surface area (Å²) in [5.41, 5.74) is 5.25. The van der Waals surface area contributed by atoms with Gasteiger partial charge in [-0.05, 0) is 81.5 Å². The van der Waals surface area contributed by atoms with Crippen LogP contribution in [0.4, 0.5) is 0 Å². The van der Waals surface area contributed by atoms with Crippen LogP contribution in [0.1, 0.15) is 54.9 Å². The Kier molecular flexibility index (Phi) is 5.96. The van der Waals surface area contributed by atoms with Gasteiger partial charge in [0.2, 0.25) is 5.91 Å². The van der Waals surface area contributed by atoms with Gasteiger partial charge < -0.3 is 5.32 Å². The fraction of sp³-hybridized carbons (Fsp3) is 0.632. The molecule has 0 saturated heterocycles. The molecule has 2 nitrogen and oxygen atoms in total. The zero-order valence-corrected chi connectivity index (χ0v) is 15.4. The summed E-state index contributed by atoms with van der Waals surface area (Å²) < 4.78 is 0. The minimum Gasteiger partial charge on any atom is -0.353 e. The highest BCUT2D eigenvalue weighted by molar-refractivity contribution is 8.00. The van der Waals surface area contributed by atoms with Gasteiger partial charge in [0.05, 0.1) is 5.75 Å². The average molecular weight is 320 g/mol. The van der Waals surface area contributed by atoms with Gasteiger partial charge in [-0.3, -0.25) is 4.79 Å². The Bertz CT molecular complexity index is 519. The third kappa shape index (κ3) is 4.28. The van der Waals surface area contributed by atoms with E-state index in [0.29, 0.717) is 11.8 Å². The van der Waals surface area contributed by atoms with E-state index in [1.807, 2.05) is 0 Å². The highest BCUT2D eigenvalue weighted by Crippen LogP contribution is 2.31. The largest absolute Gasteiger partial charge is 0.353 e. The Morgan fingerprint density at radius 1 is 1.09 bits per heavy atom. The van der Waals surface area contributed by atoms with Crippen LogP contribution in [0.15, 0.2) is 11.0 Å². The Hall–Kier alpha value is -0.960. The monoisotopic (exact) mass is 319 g/mol. The summed E-state index contributed by atoms with van der Waals surface area (Å²) in [5.74, 6) is 1.53. The van der Waals surface area contributed by atoms with Crippen LogP contribution in [0.5, 0.6) is 0 Å². The molecule has 1 aromatic rings. The van der Waals surface area contributed by atoms with Crippen LogP contribution in [-0.4, -0.2) is 17.7 Å². The molecule has 122 valence electrons. The summed E-state index contributed by atoms with van der Waals surface area (Å²) in [6.45, 7) is 10.9. The van der Waals surface area contributed by atoms with Gasteiger partial charge in [-0.15, -0.1) is 11.8 Å². The molecule has 1 aliphatic carbocycles. The van der Waals surface area contributed by atoms with Crippen molar-refractivity contribution in [2.75, 3.05) is 5.75 Å². The number of amides is 1. The van der Waals surface area contributed by atoms with Gasteiger partial charge >= 0.3 is 0 Å². The van der Waals surface area contributed by atoms with Gasteiger partial charge in [0.25, 0.3) is 0 Å². The molecule has 0 aromatic heterocycles. The Labute approximate surface area is 139 Å². The van der Waals surface area contributed by atoms with Gasteiger partial charge in [0.15, 0.2) is 0 Å². The van der Waals surface area contributed by atoms with E-state index in [9.17, 15) is 4.79 Å². The lowest BCUT2D eigenvalue weighted by molar-refractivity contribution is -0.119. The maximum Gasteiger partial charge on any atom is 0.230 e. The molecule has 1 fully saturated rings. The second-order valence-electron chi connectivity index (χ2n) is 6.90. The van der Waals surface area contributed by atoms with Crippen LogP contribution < -0.4 is 5.32 Å². The van der Waals surface area contributed by atoms with Crippen LogP contribution in [-0.2, 0) is 4.79 Å². The third-order valence-electron chi connectivity index (χ3n) is 5.03. The molecule has 1 N–H and O–H groups in total. The molecule has 0 atom stereocenters. The molecule has 1 amide bonds. The Morgan fingerprint density at radius 3 is 2.18 bits per heavy atom. The average Bonchev–Trinajstić information content (AvgIpc) is 2.47. The van der Waals surface area contributed by atoms with Crippen LogP contribution in [0.25, 0.3) is 0 Å². The summed E-state index contributed by atoms with van der Waals surface area (Å²) in [6, 6.07) is 2.63. The number of thioether (sulfide) groups is 1. The predicted octanol–water partition coefficient (Wildman–Crippen LogP) is 4.71. The van der Waals surface area contributed by atoms with Crippen molar-refractivity contribution in [1.29, 1.82) is 0 Å². The van der Waals surface area contributed by atoms with Crippen molar-refractivity contribution in [3.8, 4) is 0 Å². The molecule has 0 radical (unpaired) electrons. The molecule has 0 bridgehead atoms. The second-order valence-corrected chi connectivity index (χ2v) is 7.89. The van der Waals surface area contributed by atoms with E-state index in [4.69, 9.17) is 0 Å². The maximum atomic E-state index is 12.2. The molecule has 2 rings (SSSR count). The highest BCUT2D eigenvalue weighted by atomic mass is 32.2. The molecule has 1 aromatic carbocycles. The lowest BCUT2D eigenvalue weighted by atomic mass is 9.87. The third-order valence-corrected chi connectivity index (χ3v) is 6.33. The van der Waals surface area contributed by atoms with E-state index in [1.54, 1.807) is 11.8 Å². The fourth-order valence-electron chi connectivity index (χ4n) is 3.21. The smallest absolute Gasteiger partial charge is 0.230 e. The minimum absolute atomic E-state index is 0.183. The molecule has 0 unspecified atom stereocenters. The molecule has 22 heavy (non-hydrogen) atoms. The van der Waals surface area contributed by atoms with Crippen LogP contribution in [0, 0.1) is 33.6 Å². The number of hydrogen-bond donors (Lipinski definition) is 1. The van der Waals surface area contributed by atoms with E-state index in [1.165, 1.54) is 40.0 Å². The quantitative estimate of drug-likeness (QED) is 0.815. The summed E-state index contributed by atoms with van der Waals surface area (Å²) in [6.07, 6.45) is 4.76. The van der Waals surface area contributed by atoms with Gasteiger partial charge in [-0.25, -0.2) is 0 Å². The van der Waals surface area contributed by atoms with Gasteiger partial charge in [0, 0.05) is 10.9 Å². The SMILES string of the molecule is Cc1cc(C)c(C)c(SCC(=O)NC2CCC(C)CC2)c1C. The molecule has 0 heterocycles. The van der Waals surface area contributed by atoms with Gasteiger partial charge in [0.1, 0.15) is 0 Å². The molecule has 1 saturated carbocycles. The Balaban J connectivity index is 1.92. The number of nitrogens with one attached hydrogen (secondary N) is 1. The normalized spacial score (nSPS) is 21.7. The van der Waals surface area contributed by atoms with E-state index < -0.39 is 0 Å². The first-order valence-electron chi connectivity index (χ1n) is 8.38. The van der Waals surface area contributed by atoms with Gasteiger partial charge in [-0.2, -0.15) is 0 Å². The molecular weight excluding hydrogens is 290 g/mol. The second kappa shape index (κ2) is 7.54. The van der Waals surface area contributed by atoms with E-state index in [0.717, 1.165) is 18.8 Å². The van der Waals surface area contributed by atoms with Crippen LogP contribution in [0.3, 0.4) is 0 Å². The molecule has 1 aliphatic rings. The first kappa shape index (κ1) is 17.4. The molecule has 0 spiro atoms. The van der Waals surface area contributed by atoms with Crippen molar-refractivity contribution in [1.82, 2.24) is 5.32 Å². The summed E-state index contributed by atoms with van der Waals surface area (Å²) in [5, 5.41) is 3.22. The first-order valence-corrected chi connectivity index (χ1v) is 9.36. The van der Waals surface area contributed by atoms with Crippen molar-refractivity contribution < 1.29 is 4.79 Å². The summed E-state index contributed by atoms with van der Waals surface area (Å²) >= 11 is 1.69. The van der Waals surface area contributed by atoms with Crippen molar-refractivity contribution in [2.45, 2.75) is 71.2 Å². The standard InChI is InChI=1S/C19H29NOS/c1-12-6-8-17(9-7-12)20-18(21)11-22-19-15(4)13(2)10-14(3)16(19)5/h10,12,17H,6-9,11H2,1-5H3,(H,20,21). The first-order chi connectivity index (χ1) is 10.4. The van der Waals surface area contributed by atoms with Crippen molar-refractivity contribution in [2.24, 2.45) is 5.92 Å². The summed E-state index contributed by atoms with van der Waals surface area (Å²) in [7, 11) is 0. The maximum absolute atomic E-state index is 12.2.